The van der Waals surface area contributed by atoms with Crippen molar-refractivity contribution < 1.29 is 15.3 Å². The van der Waals surface area contributed by atoms with Gasteiger partial charge >= 0.3 is 0 Å². The molecule has 0 spiro atoms. The average molecular weight is 446 g/mol. The van der Waals surface area contributed by atoms with Crippen LogP contribution in [-0.2, 0) is 0 Å². The molecule has 4 unspecified atom stereocenters. The number of H-pyrrole nitrogens is 1. The molecule has 1 heterocycles. The molecule has 1 fully saturated rings. The number of benzene rings is 1. The summed E-state index contributed by atoms with van der Waals surface area (Å²) in [5.74, 6) is 0.284. The summed E-state index contributed by atoms with van der Waals surface area (Å²) in [5, 5.41) is 34.5. The molecule has 5 atom stereocenters. The highest BCUT2D eigenvalue weighted by atomic mass is 16.3. The number of pyridine rings is 1. The van der Waals surface area contributed by atoms with Crippen LogP contribution in [0.4, 0.5) is 0 Å². The highest BCUT2D eigenvalue weighted by Gasteiger charge is 2.50. The average Bonchev–Trinajstić information content (AvgIpc) is 3.04. The molecular formula is C28H31NO4. The Morgan fingerprint density at radius 2 is 2.00 bits per heavy atom. The van der Waals surface area contributed by atoms with E-state index in [4.69, 9.17) is 0 Å². The van der Waals surface area contributed by atoms with Crippen LogP contribution < -0.4 is 5.56 Å². The summed E-state index contributed by atoms with van der Waals surface area (Å²) < 4.78 is 0. The Balaban J connectivity index is 1.40. The second-order valence-corrected chi connectivity index (χ2v) is 10.7. The fourth-order valence-electron chi connectivity index (χ4n) is 7.06. The number of hydrogen-bond donors (Lipinski definition) is 4. The van der Waals surface area contributed by atoms with E-state index in [1.165, 1.54) is 11.1 Å². The van der Waals surface area contributed by atoms with Gasteiger partial charge in [-0.15, -0.1) is 0 Å². The third-order valence-electron chi connectivity index (χ3n) is 8.88. The Hall–Kier alpha value is -2.47. The van der Waals surface area contributed by atoms with E-state index in [1.807, 2.05) is 24.3 Å². The topological polar surface area (TPSA) is 93.5 Å². The molecule has 0 aliphatic heterocycles. The Bertz CT molecular complexity index is 1300. The summed E-state index contributed by atoms with van der Waals surface area (Å²) in [4.78, 5) is 14.9. The zero-order chi connectivity index (χ0) is 23.0. The zero-order valence-corrected chi connectivity index (χ0v) is 19.0. The summed E-state index contributed by atoms with van der Waals surface area (Å²) in [6.07, 6.45) is 9.66. The van der Waals surface area contributed by atoms with Crippen LogP contribution in [0.25, 0.3) is 16.3 Å². The highest BCUT2D eigenvalue weighted by Crippen LogP contribution is 2.60. The standard InChI is InChI=1S/C28H31NO4/c1-27-15-25(31)22-14-18-13-19(30)6-9-28(18,33)10-7-21(22)24(27)5-4-23(27)17-2-3-20-16(12-17)8-11-29-26(20)32/h2-4,8,11-12,14,19,24-25,30-31,33H,5-7,9-10,13,15H2,1H3,(H,29,32)/t19?,24?,25?,27?,28-/m0/s1. The van der Waals surface area contributed by atoms with Gasteiger partial charge in [-0.25, -0.2) is 0 Å². The van der Waals surface area contributed by atoms with E-state index in [-0.39, 0.29) is 16.9 Å². The fraction of sp³-hybridized carbons (Fsp3) is 0.464. The monoisotopic (exact) mass is 445 g/mol. The largest absolute Gasteiger partial charge is 0.393 e. The molecule has 172 valence electrons. The van der Waals surface area contributed by atoms with Crippen LogP contribution in [0.5, 0.6) is 0 Å². The van der Waals surface area contributed by atoms with Gasteiger partial charge in [0.25, 0.3) is 5.56 Å². The number of hydrogen-bond acceptors (Lipinski definition) is 4. The Kier molecular flexibility index (Phi) is 4.64. The number of rotatable bonds is 1. The molecule has 4 aliphatic carbocycles. The van der Waals surface area contributed by atoms with Crippen molar-refractivity contribution in [2.75, 3.05) is 0 Å². The first-order valence-electron chi connectivity index (χ1n) is 12.1. The van der Waals surface area contributed by atoms with Gasteiger partial charge in [0.2, 0.25) is 0 Å². The van der Waals surface area contributed by atoms with Crippen molar-refractivity contribution in [1.29, 1.82) is 0 Å². The second kappa shape index (κ2) is 7.26. The molecule has 0 saturated heterocycles. The van der Waals surface area contributed by atoms with Crippen LogP contribution in [0.3, 0.4) is 0 Å². The summed E-state index contributed by atoms with van der Waals surface area (Å²) >= 11 is 0. The summed E-state index contributed by atoms with van der Waals surface area (Å²) in [6.45, 7) is 2.26. The molecule has 2 aromatic rings. The van der Waals surface area contributed by atoms with Gasteiger partial charge in [-0.2, -0.15) is 0 Å². The van der Waals surface area contributed by atoms with Gasteiger partial charge in [0.1, 0.15) is 0 Å². The van der Waals surface area contributed by atoms with E-state index in [2.05, 4.69) is 24.1 Å². The third-order valence-corrected chi connectivity index (χ3v) is 8.88. The molecule has 33 heavy (non-hydrogen) atoms. The van der Waals surface area contributed by atoms with E-state index in [9.17, 15) is 20.1 Å². The van der Waals surface area contributed by atoms with Gasteiger partial charge in [0, 0.05) is 17.0 Å². The third kappa shape index (κ3) is 3.13. The molecule has 1 aromatic heterocycles. The Morgan fingerprint density at radius 3 is 2.85 bits per heavy atom. The SMILES string of the molecule is CC12CC(O)C3=C(CC[C@@]4(O)CCC(O)CC4=C3)C1CC=C2c1ccc2c(=O)[nH]ccc2c1. The van der Waals surface area contributed by atoms with Crippen molar-refractivity contribution >= 4 is 16.3 Å². The van der Waals surface area contributed by atoms with Crippen molar-refractivity contribution in [3.63, 3.8) is 0 Å². The molecule has 1 saturated carbocycles. The number of aliphatic hydroxyl groups is 3. The van der Waals surface area contributed by atoms with E-state index in [0.717, 1.165) is 34.9 Å². The molecule has 4 aliphatic rings. The van der Waals surface area contributed by atoms with Crippen LogP contribution in [0.1, 0.15) is 57.4 Å². The number of nitrogens with one attached hydrogen (secondary N) is 1. The molecule has 1 aromatic carbocycles. The first-order chi connectivity index (χ1) is 15.8. The smallest absolute Gasteiger partial charge is 0.255 e. The molecule has 0 bridgehead atoms. The van der Waals surface area contributed by atoms with Gasteiger partial charge in [-0.1, -0.05) is 30.7 Å². The Morgan fingerprint density at radius 1 is 1.15 bits per heavy atom. The molecule has 6 rings (SSSR count). The van der Waals surface area contributed by atoms with Gasteiger partial charge < -0.3 is 20.3 Å². The van der Waals surface area contributed by atoms with Crippen molar-refractivity contribution in [2.24, 2.45) is 11.3 Å². The minimum Gasteiger partial charge on any atom is -0.393 e. The maximum Gasteiger partial charge on any atom is 0.255 e. The van der Waals surface area contributed by atoms with Crippen molar-refractivity contribution in [1.82, 2.24) is 4.98 Å². The van der Waals surface area contributed by atoms with Crippen LogP contribution in [0.2, 0.25) is 0 Å². The summed E-state index contributed by atoms with van der Waals surface area (Å²) in [5.41, 5.74) is 4.32. The lowest BCUT2D eigenvalue weighted by Gasteiger charge is -2.43. The molecule has 5 nitrogen and oxygen atoms in total. The molecule has 0 radical (unpaired) electrons. The molecule has 5 heteroatoms. The number of aromatic nitrogens is 1. The second-order valence-electron chi connectivity index (χ2n) is 10.7. The predicted octanol–water partition coefficient (Wildman–Crippen LogP) is 4.00. The van der Waals surface area contributed by atoms with E-state index < -0.39 is 17.8 Å². The lowest BCUT2D eigenvalue weighted by molar-refractivity contribution is 0.00863. The van der Waals surface area contributed by atoms with Gasteiger partial charge in [-0.3, -0.25) is 4.79 Å². The van der Waals surface area contributed by atoms with Crippen LogP contribution >= 0.6 is 0 Å². The summed E-state index contributed by atoms with van der Waals surface area (Å²) in [6, 6.07) is 7.95. The number of allylic oxidation sites excluding steroid dienone is 3. The lowest BCUT2D eigenvalue weighted by atomic mass is 9.61. The minimum absolute atomic E-state index is 0.0811. The van der Waals surface area contributed by atoms with Crippen LogP contribution in [0.15, 0.2) is 64.1 Å². The van der Waals surface area contributed by atoms with E-state index in [1.54, 1.807) is 6.20 Å². The van der Waals surface area contributed by atoms with Crippen LogP contribution in [0, 0.1) is 11.3 Å². The maximum atomic E-state index is 12.1. The number of aromatic amines is 1. The van der Waals surface area contributed by atoms with Gasteiger partial charge in [0.15, 0.2) is 0 Å². The highest BCUT2D eigenvalue weighted by molar-refractivity contribution is 5.87. The Labute approximate surface area is 193 Å². The normalized spacial score (nSPS) is 35.9. The molecule has 4 N–H and O–H groups in total. The van der Waals surface area contributed by atoms with Gasteiger partial charge in [-0.05, 0) is 96.7 Å². The van der Waals surface area contributed by atoms with Crippen molar-refractivity contribution in [3.8, 4) is 0 Å². The first kappa shape index (κ1) is 21.1. The maximum absolute atomic E-state index is 12.1. The lowest BCUT2D eigenvalue weighted by Crippen LogP contribution is -2.38. The minimum atomic E-state index is -0.868. The van der Waals surface area contributed by atoms with E-state index in [0.29, 0.717) is 37.5 Å². The van der Waals surface area contributed by atoms with Crippen molar-refractivity contribution in [2.45, 2.75) is 69.7 Å². The zero-order valence-electron chi connectivity index (χ0n) is 19.0. The number of fused-ring (bicyclic) bond motifs is 4. The van der Waals surface area contributed by atoms with Crippen molar-refractivity contribution in [3.05, 3.63) is 75.3 Å². The fourth-order valence-corrected chi connectivity index (χ4v) is 7.06. The quantitative estimate of drug-likeness (QED) is 0.534. The van der Waals surface area contributed by atoms with Crippen LogP contribution in [-0.4, -0.2) is 38.1 Å². The first-order valence-corrected chi connectivity index (χ1v) is 12.1. The number of aliphatic hydroxyl groups excluding tert-OH is 2. The predicted molar refractivity (Wildman–Crippen MR) is 129 cm³/mol. The summed E-state index contributed by atoms with van der Waals surface area (Å²) in [7, 11) is 0. The van der Waals surface area contributed by atoms with E-state index >= 15 is 0 Å². The van der Waals surface area contributed by atoms with Gasteiger partial charge in [0.05, 0.1) is 17.8 Å². The molecular weight excluding hydrogens is 414 g/mol. The molecule has 0 amide bonds.